The second-order valence-corrected chi connectivity index (χ2v) is 7.46. The van der Waals surface area contributed by atoms with E-state index in [1.807, 2.05) is 28.0 Å². The van der Waals surface area contributed by atoms with Crippen LogP contribution in [-0.2, 0) is 16.0 Å². The Morgan fingerprint density at radius 2 is 1.85 bits per heavy atom. The molecule has 0 unspecified atom stereocenters. The molecule has 142 valence electrons. The SMILES string of the molecule is NC(=O)[C@@H]1C[C@@H](O)CN1C1CCN(C(=O)CCCc2ccccc2)CC1. The summed E-state index contributed by atoms with van der Waals surface area (Å²) < 4.78 is 0. The predicted octanol–water partition coefficient (Wildman–Crippen LogP) is 0.921. The predicted molar refractivity (Wildman–Crippen MR) is 99.3 cm³/mol. The number of hydrogen-bond donors (Lipinski definition) is 2. The highest BCUT2D eigenvalue weighted by Gasteiger charge is 2.39. The van der Waals surface area contributed by atoms with E-state index < -0.39 is 6.10 Å². The fourth-order valence-corrected chi connectivity index (χ4v) is 4.21. The molecule has 0 bridgehead atoms. The molecule has 6 heteroatoms. The number of nitrogens with two attached hydrogens (primary N) is 1. The lowest BCUT2D eigenvalue weighted by Crippen LogP contribution is -2.51. The number of aliphatic hydroxyl groups excluding tert-OH is 1. The van der Waals surface area contributed by atoms with Gasteiger partial charge in [-0.2, -0.15) is 0 Å². The standard InChI is InChI=1S/C20H29N3O3/c21-20(26)18-13-17(24)14-23(18)16-9-11-22(12-10-16)19(25)8-4-7-15-5-2-1-3-6-15/h1-3,5-6,16-18,24H,4,7-14H2,(H2,21,26)/t17-,18+/m1/s1. The minimum atomic E-state index is -0.481. The lowest BCUT2D eigenvalue weighted by Gasteiger charge is -2.38. The Labute approximate surface area is 155 Å². The van der Waals surface area contributed by atoms with Gasteiger partial charge in [0.15, 0.2) is 0 Å². The smallest absolute Gasteiger partial charge is 0.234 e. The Kier molecular flexibility index (Phi) is 6.27. The molecule has 2 amide bonds. The first-order chi connectivity index (χ1) is 12.5. The number of amides is 2. The third-order valence-electron chi connectivity index (χ3n) is 5.63. The highest BCUT2D eigenvalue weighted by Crippen LogP contribution is 2.26. The molecular weight excluding hydrogens is 330 g/mol. The number of carbonyl (C=O) groups is 2. The van der Waals surface area contributed by atoms with E-state index in [0.717, 1.165) is 25.7 Å². The molecule has 3 rings (SSSR count). The molecule has 26 heavy (non-hydrogen) atoms. The summed E-state index contributed by atoms with van der Waals surface area (Å²) in [6.07, 6.45) is 3.98. The second-order valence-electron chi connectivity index (χ2n) is 7.46. The molecule has 1 aromatic carbocycles. The van der Waals surface area contributed by atoms with Crippen LogP contribution in [-0.4, -0.2) is 64.5 Å². The summed E-state index contributed by atoms with van der Waals surface area (Å²) in [7, 11) is 0. The fraction of sp³-hybridized carbons (Fsp3) is 0.600. The fourth-order valence-electron chi connectivity index (χ4n) is 4.21. The van der Waals surface area contributed by atoms with Gasteiger partial charge in [0.1, 0.15) is 0 Å². The summed E-state index contributed by atoms with van der Waals surface area (Å²) in [4.78, 5) is 28.0. The van der Waals surface area contributed by atoms with E-state index in [1.54, 1.807) is 0 Å². The van der Waals surface area contributed by atoms with Gasteiger partial charge in [-0.3, -0.25) is 14.5 Å². The maximum Gasteiger partial charge on any atom is 0.234 e. The molecule has 0 aliphatic carbocycles. The van der Waals surface area contributed by atoms with Gasteiger partial charge in [0.2, 0.25) is 11.8 Å². The number of aryl methyl sites for hydroxylation is 1. The molecule has 0 aromatic heterocycles. The normalized spacial score (nSPS) is 24.7. The van der Waals surface area contributed by atoms with E-state index in [0.29, 0.717) is 32.5 Å². The molecule has 2 saturated heterocycles. The molecule has 2 fully saturated rings. The van der Waals surface area contributed by atoms with Gasteiger partial charge < -0.3 is 15.7 Å². The third-order valence-corrected chi connectivity index (χ3v) is 5.63. The number of rotatable bonds is 6. The van der Waals surface area contributed by atoms with E-state index in [9.17, 15) is 14.7 Å². The Balaban J connectivity index is 1.43. The van der Waals surface area contributed by atoms with Crippen LogP contribution in [0.5, 0.6) is 0 Å². The number of carbonyl (C=O) groups excluding carboxylic acids is 2. The summed E-state index contributed by atoms with van der Waals surface area (Å²) in [5.74, 6) is -0.145. The van der Waals surface area contributed by atoms with Crippen LogP contribution in [0.2, 0.25) is 0 Å². The molecule has 0 spiro atoms. The van der Waals surface area contributed by atoms with Crippen LogP contribution in [0.15, 0.2) is 30.3 Å². The molecule has 1 aromatic rings. The first kappa shape index (κ1) is 18.9. The number of aliphatic hydroxyl groups is 1. The van der Waals surface area contributed by atoms with Gasteiger partial charge in [0.05, 0.1) is 12.1 Å². The van der Waals surface area contributed by atoms with Crippen LogP contribution in [0.3, 0.4) is 0 Å². The minimum absolute atomic E-state index is 0.215. The van der Waals surface area contributed by atoms with Crippen molar-refractivity contribution in [1.82, 2.24) is 9.80 Å². The zero-order valence-corrected chi connectivity index (χ0v) is 15.2. The molecular formula is C20H29N3O3. The molecule has 3 N–H and O–H groups in total. The summed E-state index contributed by atoms with van der Waals surface area (Å²) in [5.41, 5.74) is 6.75. The van der Waals surface area contributed by atoms with Gasteiger partial charge in [-0.15, -0.1) is 0 Å². The second kappa shape index (κ2) is 8.64. The lowest BCUT2D eigenvalue weighted by atomic mass is 10.0. The Morgan fingerprint density at radius 3 is 2.50 bits per heavy atom. The molecule has 2 aliphatic heterocycles. The Bertz CT molecular complexity index is 614. The third kappa shape index (κ3) is 4.62. The summed E-state index contributed by atoms with van der Waals surface area (Å²) >= 11 is 0. The van der Waals surface area contributed by atoms with E-state index >= 15 is 0 Å². The van der Waals surface area contributed by atoms with Gasteiger partial charge in [0, 0.05) is 32.1 Å². The first-order valence-corrected chi connectivity index (χ1v) is 9.59. The van der Waals surface area contributed by atoms with Crippen molar-refractivity contribution < 1.29 is 14.7 Å². The van der Waals surface area contributed by atoms with E-state index in [-0.39, 0.29) is 23.9 Å². The highest BCUT2D eigenvalue weighted by molar-refractivity contribution is 5.80. The number of benzene rings is 1. The molecule has 0 saturated carbocycles. The van der Waals surface area contributed by atoms with Crippen LogP contribution >= 0.6 is 0 Å². The van der Waals surface area contributed by atoms with Crippen molar-refractivity contribution in [3.05, 3.63) is 35.9 Å². The maximum absolute atomic E-state index is 12.4. The average Bonchev–Trinajstić information content (AvgIpc) is 3.05. The van der Waals surface area contributed by atoms with Crippen molar-refractivity contribution in [1.29, 1.82) is 0 Å². The van der Waals surface area contributed by atoms with Crippen LogP contribution in [0.4, 0.5) is 0 Å². The average molecular weight is 359 g/mol. The van der Waals surface area contributed by atoms with Crippen LogP contribution < -0.4 is 5.73 Å². The minimum Gasteiger partial charge on any atom is -0.392 e. The first-order valence-electron chi connectivity index (χ1n) is 9.59. The number of likely N-dealkylation sites (tertiary alicyclic amines) is 2. The van der Waals surface area contributed by atoms with Gasteiger partial charge in [-0.05, 0) is 37.7 Å². The molecule has 2 aliphatic rings. The zero-order valence-electron chi connectivity index (χ0n) is 15.2. The van der Waals surface area contributed by atoms with E-state index in [4.69, 9.17) is 5.73 Å². The van der Waals surface area contributed by atoms with Crippen molar-refractivity contribution in [3.63, 3.8) is 0 Å². The van der Waals surface area contributed by atoms with Gasteiger partial charge in [0.25, 0.3) is 0 Å². The molecule has 2 heterocycles. The summed E-state index contributed by atoms with van der Waals surface area (Å²) in [5, 5.41) is 9.87. The topological polar surface area (TPSA) is 86.9 Å². The Hall–Kier alpha value is -1.92. The molecule has 0 radical (unpaired) electrons. The monoisotopic (exact) mass is 359 g/mol. The summed E-state index contributed by atoms with van der Waals surface area (Å²) in [6, 6.07) is 10.1. The van der Waals surface area contributed by atoms with Crippen molar-refractivity contribution in [2.45, 2.75) is 56.7 Å². The number of nitrogens with zero attached hydrogens (tertiary/aromatic N) is 2. The quantitative estimate of drug-likeness (QED) is 0.791. The van der Waals surface area contributed by atoms with Crippen molar-refractivity contribution in [2.24, 2.45) is 5.73 Å². The number of primary amides is 1. The highest BCUT2D eigenvalue weighted by atomic mass is 16.3. The molecule has 2 atom stereocenters. The number of hydrogen-bond acceptors (Lipinski definition) is 4. The van der Waals surface area contributed by atoms with E-state index in [2.05, 4.69) is 12.1 Å². The number of piperidine rings is 1. The number of β-amino-alcohol motifs (C(OH)–C–C–N with tert-alkyl or cyclic N) is 1. The maximum atomic E-state index is 12.4. The van der Waals surface area contributed by atoms with Crippen LogP contribution in [0, 0.1) is 0 Å². The zero-order chi connectivity index (χ0) is 18.5. The summed E-state index contributed by atoms with van der Waals surface area (Å²) in [6.45, 7) is 1.93. The largest absolute Gasteiger partial charge is 0.392 e. The van der Waals surface area contributed by atoms with Gasteiger partial charge in [-0.25, -0.2) is 0 Å². The van der Waals surface area contributed by atoms with Crippen LogP contribution in [0.1, 0.15) is 37.7 Å². The molecule has 6 nitrogen and oxygen atoms in total. The lowest BCUT2D eigenvalue weighted by molar-refractivity contribution is -0.133. The van der Waals surface area contributed by atoms with Gasteiger partial charge >= 0.3 is 0 Å². The van der Waals surface area contributed by atoms with Gasteiger partial charge in [-0.1, -0.05) is 30.3 Å². The van der Waals surface area contributed by atoms with Crippen molar-refractivity contribution in [2.75, 3.05) is 19.6 Å². The van der Waals surface area contributed by atoms with Crippen LogP contribution in [0.25, 0.3) is 0 Å². The van der Waals surface area contributed by atoms with Crippen molar-refractivity contribution >= 4 is 11.8 Å². The van der Waals surface area contributed by atoms with Crippen molar-refractivity contribution in [3.8, 4) is 0 Å². The van der Waals surface area contributed by atoms with E-state index in [1.165, 1.54) is 5.56 Å². The Morgan fingerprint density at radius 1 is 1.15 bits per heavy atom.